The largest absolute Gasteiger partial charge is 0.481 e. The van der Waals surface area contributed by atoms with E-state index >= 15 is 0 Å². The van der Waals surface area contributed by atoms with Crippen LogP contribution in [0.1, 0.15) is 24.8 Å². The molecule has 1 amide bonds. The molecule has 1 heterocycles. The zero-order valence-electron chi connectivity index (χ0n) is 10.1. The maximum atomic E-state index is 11.7. The predicted octanol–water partition coefficient (Wildman–Crippen LogP) is 1.43. The Bertz CT molecular complexity index is 391. The van der Waals surface area contributed by atoms with Crippen LogP contribution in [0.15, 0.2) is 11.6 Å². The van der Waals surface area contributed by atoms with Gasteiger partial charge in [-0.05, 0) is 6.92 Å². The van der Waals surface area contributed by atoms with Crippen molar-refractivity contribution in [3.05, 3.63) is 16.6 Å². The van der Waals surface area contributed by atoms with Gasteiger partial charge in [0.1, 0.15) is 5.92 Å². The van der Waals surface area contributed by atoms with Gasteiger partial charge in [-0.1, -0.05) is 6.92 Å². The highest BCUT2D eigenvalue weighted by Gasteiger charge is 2.25. The van der Waals surface area contributed by atoms with Gasteiger partial charge in [-0.15, -0.1) is 11.3 Å². The first-order chi connectivity index (χ1) is 7.93. The van der Waals surface area contributed by atoms with Crippen molar-refractivity contribution in [2.75, 3.05) is 13.6 Å². The Kier molecular flexibility index (Phi) is 4.62. The third-order valence-corrected chi connectivity index (χ3v) is 3.54. The summed E-state index contributed by atoms with van der Waals surface area (Å²) in [4.78, 5) is 28.0. The van der Waals surface area contributed by atoms with Gasteiger partial charge in [0.2, 0.25) is 5.91 Å². The minimum Gasteiger partial charge on any atom is -0.481 e. The fourth-order valence-corrected chi connectivity index (χ4v) is 2.18. The number of aromatic nitrogens is 1. The summed E-state index contributed by atoms with van der Waals surface area (Å²) in [5.74, 6) is -2.35. The highest BCUT2D eigenvalue weighted by Crippen LogP contribution is 2.18. The standard InChI is InChI=1S/C11H16N2O3S/c1-7(9-12-4-5-17-9)6-13(3)10(14)8(2)11(15)16/h4-5,7-8H,6H2,1-3H3,(H,15,16). The minimum atomic E-state index is -1.09. The lowest BCUT2D eigenvalue weighted by Gasteiger charge is -2.22. The maximum absolute atomic E-state index is 11.7. The molecule has 0 saturated carbocycles. The SMILES string of the molecule is CC(C(=O)O)C(=O)N(C)CC(C)c1nccs1. The molecule has 1 aromatic rings. The first-order valence-electron chi connectivity index (χ1n) is 5.30. The molecule has 0 aliphatic carbocycles. The van der Waals surface area contributed by atoms with E-state index in [1.165, 1.54) is 23.2 Å². The molecular weight excluding hydrogens is 240 g/mol. The van der Waals surface area contributed by atoms with Crippen LogP contribution in [0.5, 0.6) is 0 Å². The molecular formula is C11H16N2O3S. The van der Waals surface area contributed by atoms with Crippen LogP contribution in [-0.4, -0.2) is 40.5 Å². The fourth-order valence-electron chi connectivity index (χ4n) is 1.49. The van der Waals surface area contributed by atoms with E-state index < -0.39 is 11.9 Å². The molecule has 1 rings (SSSR count). The van der Waals surface area contributed by atoms with E-state index in [1.807, 2.05) is 12.3 Å². The van der Waals surface area contributed by atoms with E-state index in [2.05, 4.69) is 4.98 Å². The van der Waals surface area contributed by atoms with Crippen LogP contribution in [0.4, 0.5) is 0 Å². The summed E-state index contributed by atoms with van der Waals surface area (Å²) >= 11 is 1.53. The number of rotatable bonds is 5. The summed E-state index contributed by atoms with van der Waals surface area (Å²) in [6.45, 7) is 3.84. The number of likely N-dealkylation sites (N-methyl/N-ethyl adjacent to an activating group) is 1. The number of hydrogen-bond donors (Lipinski definition) is 1. The zero-order valence-corrected chi connectivity index (χ0v) is 10.9. The Morgan fingerprint density at radius 3 is 2.65 bits per heavy atom. The summed E-state index contributed by atoms with van der Waals surface area (Å²) in [6.07, 6.45) is 1.72. The van der Waals surface area contributed by atoms with Gasteiger partial charge >= 0.3 is 5.97 Å². The molecule has 94 valence electrons. The Balaban J connectivity index is 2.57. The number of thiazole rings is 1. The monoisotopic (exact) mass is 256 g/mol. The van der Waals surface area contributed by atoms with Crippen LogP contribution in [0.25, 0.3) is 0 Å². The summed E-state index contributed by atoms with van der Waals surface area (Å²) in [6, 6.07) is 0. The van der Waals surface area contributed by atoms with Crippen LogP contribution in [0.3, 0.4) is 0 Å². The summed E-state index contributed by atoms with van der Waals surface area (Å²) < 4.78 is 0. The van der Waals surface area contributed by atoms with Crippen molar-refractivity contribution in [1.29, 1.82) is 0 Å². The average molecular weight is 256 g/mol. The number of hydrogen-bond acceptors (Lipinski definition) is 4. The van der Waals surface area contributed by atoms with Crippen molar-refractivity contribution < 1.29 is 14.7 Å². The molecule has 0 aliphatic heterocycles. The van der Waals surface area contributed by atoms with Gasteiger partial charge in [-0.3, -0.25) is 9.59 Å². The van der Waals surface area contributed by atoms with E-state index in [4.69, 9.17) is 5.11 Å². The Labute approximate surface area is 104 Å². The Morgan fingerprint density at radius 2 is 2.18 bits per heavy atom. The average Bonchev–Trinajstić information content (AvgIpc) is 2.80. The molecule has 0 aromatic carbocycles. The molecule has 1 N–H and O–H groups in total. The lowest BCUT2D eigenvalue weighted by Crippen LogP contribution is -2.37. The van der Waals surface area contributed by atoms with E-state index in [1.54, 1.807) is 13.2 Å². The van der Waals surface area contributed by atoms with E-state index in [0.717, 1.165) is 5.01 Å². The molecule has 6 heteroatoms. The van der Waals surface area contributed by atoms with Crippen molar-refractivity contribution in [2.24, 2.45) is 5.92 Å². The first-order valence-corrected chi connectivity index (χ1v) is 6.18. The Morgan fingerprint density at radius 1 is 1.53 bits per heavy atom. The molecule has 0 aliphatic rings. The van der Waals surface area contributed by atoms with Gasteiger partial charge in [-0.2, -0.15) is 0 Å². The number of carboxylic acid groups (broad SMARTS) is 1. The van der Waals surface area contributed by atoms with E-state index in [0.29, 0.717) is 6.54 Å². The predicted molar refractivity (Wildman–Crippen MR) is 65.0 cm³/mol. The van der Waals surface area contributed by atoms with Gasteiger partial charge in [-0.25, -0.2) is 4.98 Å². The van der Waals surface area contributed by atoms with E-state index in [-0.39, 0.29) is 11.8 Å². The van der Waals surface area contributed by atoms with Crippen LogP contribution >= 0.6 is 11.3 Å². The number of carbonyl (C=O) groups excluding carboxylic acids is 1. The molecule has 0 spiro atoms. The summed E-state index contributed by atoms with van der Waals surface area (Å²) in [5, 5.41) is 11.6. The molecule has 0 fully saturated rings. The first kappa shape index (κ1) is 13.6. The zero-order chi connectivity index (χ0) is 13.0. The highest BCUT2D eigenvalue weighted by molar-refractivity contribution is 7.09. The number of nitrogens with zero attached hydrogens (tertiary/aromatic N) is 2. The van der Waals surface area contributed by atoms with Crippen molar-refractivity contribution in [1.82, 2.24) is 9.88 Å². The van der Waals surface area contributed by atoms with Crippen LogP contribution in [0, 0.1) is 5.92 Å². The van der Waals surface area contributed by atoms with Crippen LogP contribution < -0.4 is 0 Å². The van der Waals surface area contributed by atoms with Gasteiger partial charge in [0.05, 0.1) is 5.01 Å². The second kappa shape index (κ2) is 5.77. The third kappa shape index (κ3) is 3.52. The van der Waals surface area contributed by atoms with Gasteiger partial charge in [0, 0.05) is 31.1 Å². The second-order valence-corrected chi connectivity index (χ2v) is 4.98. The summed E-state index contributed by atoms with van der Waals surface area (Å²) in [5.41, 5.74) is 0. The molecule has 0 saturated heterocycles. The molecule has 0 bridgehead atoms. The van der Waals surface area contributed by atoms with E-state index in [9.17, 15) is 9.59 Å². The number of aliphatic carboxylic acids is 1. The molecule has 1 aromatic heterocycles. The minimum absolute atomic E-state index is 0.116. The summed E-state index contributed by atoms with van der Waals surface area (Å²) in [7, 11) is 1.62. The maximum Gasteiger partial charge on any atom is 0.315 e. The molecule has 0 radical (unpaired) electrons. The number of carbonyl (C=O) groups is 2. The van der Waals surface area contributed by atoms with Crippen LogP contribution in [-0.2, 0) is 9.59 Å². The third-order valence-electron chi connectivity index (χ3n) is 2.54. The van der Waals surface area contributed by atoms with Gasteiger partial charge in [0.25, 0.3) is 0 Å². The number of amides is 1. The lowest BCUT2D eigenvalue weighted by molar-refractivity contribution is -0.149. The smallest absolute Gasteiger partial charge is 0.315 e. The topological polar surface area (TPSA) is 70.5 Å². The second-order valence-electron chi connectivity index (χ2n) is 4.05. The van der Waals surface area contributed by atoms with Crippen molar-refractivity contribution in [3.63, 3.8) is 0 Å². The lowest BCUT2D eigenvalue weighted by atomic mass is 10.1. The molecule has 17 heavy (non-hydrogen) atoms. The van der Waals surface area contributed by atoms with Gasteiger partial charge < -0.3 is 10.0 Å². The van der Waals surface area contributed by atoms with Crippen molar-refractivity contribution in [3.8, 4) is 0 Å². The normalized spacial score (nSPS) is 14.1. The van der Waals surface area contributed by atoms with Crippen molar-refractivity contribution >= 4 is 23.2 Å². The van der Waals surface area contributed by atoms with Crippen molar-refractivity contribution in [2.45, 2.75) is 19.8 Å². The molecule has 2 unspecified atom stereocenters. The molecule has 5 nitrogen and oxygen atoms in total. The van der Waals surface area contributed by atoms with Gasteiger partial charge in [0.15, 0.2) is 0 Å². The Hall–Kier alpha value is -1.43. The van der Waals surface area contributed by atoms with Crippen LogP contribution in [0.2, 0.25) is 0 Å². The highest BCUT2D eigenvalue weighted by atomic mass is 32.1. The quantitative estimate of drug-likeness (QED) is 0.809. The fraction of sp³-hybridized carbons (Fsp3) is 0.545. The number of carboxylic acids is 1. The molecule has 2 atom stereocenters.